The van der Waals surface area contributed by atoms with Crippen molar-refractivity contribution < 1.29 is 8.78 Å². The summed E-state index contributed by atoms with van der Waals surface area (Å²) in [5.41, 5.74) is 0.987. The maximum atomic E-state index is 12.3. The molecular formula is C10H9F2N3S. The van der Waals surface area contributed by atoms with Crippen LogP contribution >= 0.6 is 11.5 Å². The average molecular weight is 241 g/mol. The lowest BCUT2D eigenvalue weighted by atomic mass is 10.1. The lowest BCUT2D eigenvalue weighted by Gasteiger charge is -2.04. The lowest BCUT2D eigenvalue weighted by Crippen LogP contribution is -1.97. The molecule has 0 aliphatic carbocycles. The van der Waals surface area contributed by atoms with Gasteiger partial charge in [0.2, 0.25) is 0 Å². The van der Waals surface area contributed by atoms with Crippen LogP contribution in [0, 0.1) is 0 Å². The Labute approximate surface area is 95.3 Å². The van der Waals surface area contributed by atoms with Crippen molar-refractivity contribution in [3.05, 3.63) is 41.6 Å². The van der Waals surface area contributed by atoms with Crippen molar-refractivity contribution in [3.63, 3.8) is 0 Å². The van der Waals surface area contributed by atoms with Gasteiger partial charge in [0.1, 0.15) is 5.00 Å². The third kappa shape index (κ3) is 2.73. The van der Waals surface area contributed by atoms with Gasteiger partial charge in [0.25, 0.3) is 6.43 Å². The fraction of sp³-hybridized carbons (Fsp3) is 0.200. The Hall–Kier alpha value is -1.56. The maximum Gasteiger partial charge on any atom is 0.263 e. The molecule has 3 nitrogen and oxygen atoms in total. The summed E-state index contributed by atoms with van der Waals surface area (Å²) in [4.78, 5) is 0. The molecule has 1 N–H and O–H groups in total. The van der Waals surface area contributed by atoms with E-state index < -0.39 is 6.43 Å². The summed E-state index contributed by atoms with van der Waals surface area (Å²) in [6, 6.07) is 6.24. The van der Waals surface area contributed by atoms with E-state index in [4.69, 9.17) is 0 Å². The third-order valence-electron chi connectivity index (χ3n) is 2.06. The Kier molecular flexibility index (Phi) is 3.40. The highest BCUT2D eigenvalue weighted by Gasteiger charge is 2.05. The summed E-state index contributed by atoms with van der Waals surface area (Å²) < 4.78 is 28.3. The van der Waals surface area contributed by atoms with Crippen molar-refractivity contribution >= 4 is 16.5 Å². The molecule has 0 amide bonds. The van der Waals surface area contributed by atoms with Crippen molar-refractivity contribution in [2.24, 2.45) is 0 Å². The Bertz CT molecular complexity index is 428. The third-order valence-corrected chi connectivity index (χ3v) is 2.68. The van der Waals surface area contributed by atoms with E-state index >= 15 is 0 Å². The Morgan fingerprint density at radius 3 is 2.56 bits per heavy atom. The standard InChI is InChI=1S/C10H9F2N3S/c11-10(12)8-3-1-7(2-4-8)5-13-9-6-14-15-16-9/h1-4,6,10,13H,5H2. The molecule has 84 valence electrons. The number of aromatic nitrogens is 2. The number of nitrogens with one attached hydrogen (secondary N) is 1. The molecule has 0 radical (unpaired) electrons. The van der Waals surface area contributed by atoms with E-state index in [1.807, 2.05) is 0 Å². The quantitative estimate of drug-likeness (QED) is 0.893. The van der Waals surface area contributed by atoms with Gasteiger partial charge in [0, 0.05) is 23.6 Å². The summed E-state index contributed by atoms with van der Waals surface area (Å²) in [6.07, 6.45) is -0.786. The molecule has 1 heterocycles. The monoisotopic (exact) mass is 241 g/mol. The molecular weight excluding hydrogens is 232 g/mol. The smallest absolute Gasteiger partial charge is 0.263 e. The van der Waals surface area contributed by atoms with E-state index in [0.29, 0.717) is 6.54 Å². The van der Waals surface area contributed by atoms with E-state index in [9.17, 15) is 8.78 Å². The molecule has 0 aliphatic rings. The zero-order valence-corrected chi connectivity index (χ0v) is 9.05. The molecule has 0 unspecified atom stereocenters. The lowest BCUT2D eigenvalue weighted by molar-refractivity contribution is 0.151. The first-order valence-corrected chi connectivity index (χ1v) is 5.41. The summed E-state index contributed by atoms with van der Waals surface area (Å²) >= 11 is 1.26. The molecule has 1 aromatic heterocycles. The van der Waals surface area contributed by atoms with Gasteiger partial charge in [-0.25, -0.2) is 8.78 Å². The first-order chi connectivity index (χ1) is 7.75. The van der Waals surface area contributed by atoms with E-state index in [-0.39, 0.29) is 5.56 Å². The molecule has 2 rings (SSSR count). The fourth-order valence-corrected chi connectivity index (χ4v) is 1.63. The topological polar surface area (TPSA) is 37.8 Å². The molecule has 0 aliphatic heterocycles. The van der Waals surface area contributed by atoms with Gasteiger partial charge in [-0.05, 0) is 5.56 Å². The first kappa shape index (κ1) is 10.9. The minimum Gasteiger partial charge on any atom is -0.370 e. The first-order valence-electron chi connectivity index (χ1n) is 4.64. The maximum absolute atomic E-state index is 12.3. The summed E-state index contributed by atoms with van der Waals surface area (Å²) in [5.74, 6) is 0. The number of rotatable bonds is 4. The van der Waals surface area contributed by atoms with E-state index in [0.717, 1.165) is 10.6 Å². The highest BCUT2D eigenvalue weighted by Crippen LogP contribution is 2.19. The average Bonchev–Trinajstić information content (AvgIpc) is 2.80. The van der Waals surface area contributed by atoms with Crippen LogP contribution in [0.2, 0.25) is 0 Å². The highest BCUT2D eigenvalue weighted by atomic mass is 32.1. The number of alkyl halides is 2. The molecule has 0 saturated carbocycles. The number of nitrogens with zero attached hydrogens (tertiary/aromatic N) is 2. The number of halogens is 2. The van der Waals surface area contributed by atoms with Crippen molar-refractivity contribution in [2.75, 3.05) is 5.32 Å². The normalized spacial score (nSPS) is 10.7. The zero-order valence-electron chi connectivity index (χ0n) is 8.23. The van der Waals surface area contributed by atoms with Crippen LogP contribution in [0.5, 0.6) is 0 Å². The molecule has 2 aromatic rings. The van der Waals surface area contributed by atoms with Crippen molar-refractivity contribution in [1.82, 2.24) is 9.59 Å². The zero-order chi connectivity index (χ0) is 11.4. The number of hydrogen-bond acceptors (Lipinski definition) is 4. The van der Waals surface area contributed by atoms with Gasteiger partial charge in [-0.15, -0.1) is 5.10 Å². The Morgan fingerprint density at radius 1 is 1.25 bits per heavy atom. The van der Waals surface area contributed by atoms with Crippen LogP contribution in [0.3, 0.4) is 0 Å². The number of anilines is 1. The highest BCUT2D eigenvalue weighted by molar-refractivity contribution is 7.09. The SMILES string of the molecule is FC(F)c1ccc(CNc2cnns2)cc1. The largest absolute Gasteiger partial charge is 0.370 e. The molecule has 0 bridgehead atoms. The number of benzene rings is 1. The Morgan fingerprint density at radius 2 is 2.00 bits per heavy atom. The second-order valence-electron chi connectivity index (χ2n) is 3.18. The number of hydrogen-bond donors (Lipinski definition) is 1. The van der Waals surface area contributed by atoms with Crippen LogP contribution in [0.1, 0.15) is 17.6 Å². The van der Waals surface area contributed by atoms with Gasteiger partial charge in [-0.1, -0.05) is 28.8 Å². The van der Waals surface area contributed by atoms with Crippen molar-refractivity contribution in [3.8, 4) is 0 Å². The van der Waals surface area contributed by atoms with Crippen LogP contribution in [0.25, 0.3) is 0 Å². The van der Waals surface area contributed by atoms with Crippen LogP contribution in [0.15, 0.2) is 30.5 Å². The predicted molar refractivity (Wildman–Crippen MR) is 58.6 cm³/mol. The second kappa shape index (κ2) is 4.98. The second-order valence-corrected chi connectivity index (χ2v) is 3.96. The fourth-order valence-electron chi connectivity index (χ4n) is 1.22. The van der Waals surface area contributed by atoms with Gasteiger partial charge < -0.3 is 5.32 Å². The summed E-state index contributed by atoms with van der Waals surface area (Å²) in [7, 11) is 0. The Balaban J connectivity index is 1.95. The molecule has 16 heavy (non-hydrogen) atoms. The minimum atomic E-state index is -2.41. The van der Waals surface area contributed by atoms with Crippen molar-refractivity contribution in [2.45, 2.75) is 13.0 Å². The molecule has 0 spiro atoms. The van der Waals surface area contributed by atoms with Gasteiger partial charge in [-0.2, -0.15) is 0 Å². The van der Waals surface area contributed by atoms with Crippen molar-refractivity contribution in [1.29, 1.82) is 0 Å². The van der Waals surface area contributed by atoms with Gasteiger partial charge in [-0.3, -0.25) is 0 Å². The van der Waals surface area contributed by atoms with E-state index in [2.05, 4.69) is 14.9 Å². The molecule has 6 heteroatoms. The van der Waals surface area contributed by atoms with Gasteiger partial charge >= 0.3 is 0 Å². The van der Waals surface area contributed by atoms with Crippen LogP contribution in [0.4, 0.5) is 13.8 Å². The molecule has 0 saturated heterocycles. The van der Waals surface area contributed by atoms with Gasteiger partial charge in [0.05, 0.1) is 6.20 Å². The van der Waals surface area contributed by atoms with Crippen LogP contribution in [-0.4, -0.2) is 9.59 Å². The summed E-state index contributed by atoms with van der Waals surface area (Å²) in [6.45, 7) is 0.577. The van der Waals surface area contributed by atoms with Crippen LogP contribution < -0.4 is 5.32 Å². The van der Waals surface area contributed by atoms with Crippen LogP contribution in [-0.2, 0) is 6.54 Å². The minimum absolute atomic E-state index is 0.0446. The van der Waals surface area contributed by atoms with E-state index in [1.165, 1.54) is 23.7 Å². The van der Waals surface area contributed by atoms with Gasteiger partial charge in [0.15, 0.2) is 0 Å². The predicted octanol–water partition coefficient (Wildman–Crippen LogP) is 3.09. The van der Waals surface area contributed by atoms with E-state index in [1.54, 1.807) is 18.3 Å². The summed E-state index contributed by atoms with van der Waals surface area (Å²) in [5, 5.41) is 7.63. The molecule has 0 fully saturated rings. The molecule has 1 aromatic carbocycles. The molecule has 0 atom stereocenters.